The molecule has 13 N–H and O–H groups in total. The van der Waals surface area contributed by atoms with Crippen molar-refractivity contribution in [1.29, 1.82) is 0 Å². The summed E-state index contributed by atoms with van der Waals surface area (Å²) in [7, 11) is -8.11. The number of hydrogen-bond acceptors (Lipinski definition) is 17. The van der Waals surface area contributed by atoms with E-state index in [2.05, 4.69) is 35.1 Å². The number of aliphatic hydroxyl groups excluding tert-OH is 3. The van der Waals surface area contributed by atoms with E-state index in [0.29, 0.717) is 58.2 Å². The van der Waals surface area contributed by atoms with E-state index in [1.54, 1.807) is 0 Å². The van der Waals surface area contributed by atoms with E-state index in [4.69, 9.17) is 43.0 Å². The van der Waals surface area contributed by atoms with Crippen molar-refractivity contribution in [2.75, 3.05) is 112 Å². The van der Waals surface area contributed by atoms with Crippen molar-refractivity contribution in [3.63, 3.8) is 0 Å². The number of hydrogen-bond donors (Lipinski definition) is 13. The van der Waals surface area contributed by atoms with Crippen LogP contribution in [0.4, 0.5) is 0 Å². The van der Waals surface area contributed by atoms with Gasteiger partial charge in [-0.25, -0.2) is 0 Å². The van der Waals surface area contributed by atoms with E-state index in [1.807, 2.05) is 4.90 Å². The topological polar surface area (TPSA) is 261 Å². The predicted molar refractivity (Wildman–Crippen MR) is 195 cm³/mol. The molecule has 17 nitrogen and oxygen atoms in total. The third-order valence-electron chi connectivity index (χ3n) is 7.79. The Balaban J connectivity index is 4.17. The molecule has 4 atom stereocenters. The summed E-state index contributed by atoms with van der Waals surface area (Å²) in [5, 5.41) is 44.3. The third-order valence-corrected chi connectivity index (χ3v) is 9.84. The van der Waals surface area contributed by atoms with Crippen LogP contribution < -0.4 is 21.3 Å². The van der Waals surface area contributed by atoms with E-state index in [-0.39, 0.29) is 51.5 Å². The van der Waals surface area contributed by atoms with Crippen LogP contribution in [-0.4, -0.2) is 197 Å². The first-order valence-corrected chi connectivity index (χ1v) is 22.5. The van der Waals surface area contributed by atoms with Crippen LogP contribution in [0, 0.1) is 5.92 Å². The van der Waals surface area contributed by atoms with Gasteiger partial charge in [0.05, 0.1) is 38.1 Å². The molecule has 0 rings (SSSR count). The molecule has 19 heteroatoms. The second-order valence-corrected chi connectivity index (χ2v) is 17.1. The predicted octanol–water partition coefficient (Wildman–Crippen LogP) is -3.39. The first kappa shape index (κ1) is 49.8. The molecule has 0 aliphatic carbocycles. The minimum Gasteiger partial charge on any atom is -0.390 e. The lowest BCUT2D eigenvalue weighted by molar-refractivity contribution is -0.0158. The van der Waals surface area contributed by atoms with Gasteiger partial charge < -0.3 is 79.6 Å². The van der Waals surface area contributed by atoms with Crippen molar-refractivity contribution in [1.82, 2.24) is 26.2 Å². The Morgan fingerprint density at radius 1 is 0.560 bits per heavy atom. The van der Waals surface area contributed by atoms with Crippen LogP contribution >= 0.6 is 0 Å². The maximum Gasteiger partial charge on any atom is 0.492 e. The smallest absolute Gasteiger partial charge is 0.390 e. The molecule has 0 radical (unpaired) electrons. The van der Waals surface area contributed by atoms with Crippen LogP contribution in [0.2, 0.25) is 12.1 Å². The summed E-state index contributed by atoms with van der Waals surface area (Å²) in [6.45, 7) is 12.6. The summed E-state index contributed by atoms with van der Waals surface area (Å²) in [6.07, 6.45) is 2.91. The van der Waals surface area contributed by atoms with E-state index in [1.165, 1.54) is 6.42 Å². The van der Waals surface area contributed by atoms with Gasteiger partial charge in [-0.1, -0.05) is 33.1 Å². The minimum absolute atomic E-state index is 0.0571. The standard InChI is InChI=1S/C31H73N5O12Si2/c1-3-5-8-28(4-2)24-48-27-31(39)23-36(22-30(38)26-47-18-7-20-50(43,44)45)16-15-34-12-11-32-9-10-33-13-14-35-21-29(37)25-46-17-6-19-49(40,41)42/h28-35,37-45H,3-27H2,1-2H3. The lowest BCUT2D eigenvalue weighted by atomic mass is 10.0. The summed E-state index contributed by atoms with van der Waals surface area (Å²) in [6, 6.07) is -0.200. The molecule has 0 fully saturated rings. The second-order valence-electron chi connectivity index (χ2n) is 13.0. The van der Waals surface area contributed by atoms with Crippen molar-refractivity contribution in [3.05, 3.63) is 0 Å². The van der Waals surface area contributed by atoms with Crippen molar-refractivity contribution < 1.29 is 58.3 Å². The minimum atomic E-state index is -4.09. The maximum absolute atomic E-state index is 10.7. The highest BCUT2D eigenvalue weighted by molar-refractivity contribution is 6.56. The molecule has 0 spiro atoms. The number of nitrogens with one attached hydrogen (secondary N) is 4. The number of aliphatic hydroxyl groups is 3. The summed E-state index contributed by atoms with van der Waals surface area (Å²) in [5.74, 6) is 0.487. The van der Waals surface area contributed by atoms with E-state index < -0.39 is 35.9 Å². The molecule has 0 amide bonds. The Bertz CT molecular complexity index is 747. The number of ether oxygens (including phenoxy) is 3. The number of rotatable bonds is 38. The normalized spacial score (nSPS) is 15.1. The Kier molecular flexibility index (Phi) is 32.0. The first-order chi connectivity index (χ1) is 23.8. The van der Waals surface area contributed by atoms with Gasteiger partial charge in [0, 0.05) is 104 Å². The Morgan fingerprint density at radius 2 is 1.02 bits per heavy atom. The number of nitrogens with zero attached hydrogens (tertiary/aromatic N) is 1. The van der Waals surface area contributed by atoms with Gasteiger partial charge in [0.25, 0.3) is 0 Å². The van der Waals surface area contributed by atoms with E-state index >= 15 is 0 Å². The average Bonchev–Trinajstić information content (AvgIpc) is 3.03. The Hall–Kier alpha value is -0.246. The molecule has 0 aromatic rings. The van der Waals surface area contributed by atoms with Crippen LogP contribution in [0.3, 0.4) is 0 Å². The summed E-state index contributed by atoms with van der Waals surface area (Å²) < 4.78 is 16.6. The third kappa shape index (κ3) is 36.1. The van der Waals surface area contributed by atoms with E-state index in [9.17, 15) is 15.3 Å². The van der Waals surface area contributed by atoms with Crippen molar-refractivity contribution >= 4 is 17.6 Å². The zero-order valence-corrected chi connectivity index (χ0v) is 32.7. The lowest BCUT2D eigenvalue weighted by Crippen LogP contribution is -2.44. The summed E-state index contributed by atoms with van der Waals surface area (Å²) >= 11 is 0. The molecule has 0 heterocycles. The van der Waals surface area contributed by atoms with Gasteiger partial charge in [-0.3, -0.25) is 4.90 Å². The molecular formula is C31H73N5O12Si2. The van der Waals surface area contributed by atoms with Crippen LogP contribution in [-0.2, 0) is 14.2 Å². The van der Waals surface area contributed by atoms with Gasteiger partial charge in [-0.2, -0.15) is 0 Å². The SMILES string of the molecule is CCCCC(CC)COCC(O)CN(CCNCCNCCNCCNCC(O)COCCC[Si](O)(O)O)CC(O)COCCC[Si](O)(O)O. The van der Waals surface area contributed by atoms with Crippen LogP contribution in [0.1, 0.15) is 52.4 Å². The quantitative estimate of drug-likeness (QED) is 0.0216. The molecule has 0 saturated heterocycles. The Morgan fingerprint density at radius 3 is 1.50 bits per heavy atom. The Labute approximate surface area is 302 Å². The van der Waals surface area contributed by atoms with Gasteiger partial charge in [0.1, 0.15) is 0 Å². The highest BCUT2D eigenvalue weighted by atomic mass is 28.4. The molecule has 302 valence electrons. The van der Waals surface area contributed by atoms with Crippen molar-refractivity contribution in [2.45, 2.75) is 82.8 Å². The van der Waals surface area contributed by atoms with Gasteiger partial charge >= 0.3 is 17.6 Å². The molecule has 0 aliphatic heterocycles. The molecular weight excluding hydrogens is 691 g/mol. The van der Waals surface area contributed by atoms with Gasteiger partial charge in [-0.15, -0.1) is 0 Å². The van der Waals surface area contributed by atoms with Crippen LogP contribution in [0.15, 0.2) is 0 Å². The van der Waals surface area contributed by atoms with Gasteiger partial charge in [0.15, 0.2) is 0 Å². The molecule has 0 saturated carbocycles. The molecule has 50 heavy (non-hydrogen) atoms. The fourth-order valence-corrected chi connectivity index (χ4v) is 6.20. The monoisotopic (exact) mass is 763 g/mol. The fraction of sp³-hybridized carbons (Fsp3) is 1.00. The number of unbranched alkanes of at least 4 members (excludes halogenated alkanes) is 1. The van der Waals surface area contributed by atoms with Gasteiger partial charge in [0.2, 0.25) is 0 Å². The van der Waals surface area contributed by atoms with Crippen LogP contribution in [0.25, 0.3) is 0 Å². The molecule has 0 bridgehead atoms. The highest BCUT2D eigenvalue weighted by Crippen LogP contribution is 2.13. The van der Waals surface area contributed by atoms with Crippen molar-refractivity contribution in [3.8, 4) is 0 Å². The van der Waals surface area contributed by atoms with Gasteiger partial charge in [-0.05, 0) is 25.2 Å². The van der Waals surface area contributed by atoms with Crippen LogP contribution in [0.5, 0.6) is 0 Å². The summed E-state index contributed by atoms with van der Waals surface area (Å²) in [4.78, 5) is 56.1. The highest BCUT2D eigenvalue weighted by Gasteiger charge is 2.26. The lowest BCUT2D eigenvalue weighted by Gasteiger charge is -2.27. The average molecular weight is 764 g/mol. The molecule has 0 aromatic heterocycles. The molecule has 4 unspecified atom stereocenters. The molecule has 0 aromatic carbocycles. The summed E-state index contributed by atoms with van der Waals surface area (Å²) in [5.41, 5.74) is 0. The molecule has 0 aliphatic rings. The largest absolute Gasteiger partial charge is 0.492 e. The zero-order valence-electron chi connectivity index (χ0n) is 30.7. The van der Waals surface area contributed by atoms with Crippen molar-refractivity contribution in [2.24, 2.45) is 5.92 Å². The first-order valence-electron chi connectivity index (χ1n) is 18.4. The van der Waals surface area contributed by atoms with E-state index in [0.717, 1.165) is 52.0 Å². The fourth-order valence-electron chi connectivity index (χ4n) is 4.96. The second kappa shape index (κ2) is 32.2. The zero-order chi connectivity index (χ0) is 37.5. The maximum atomic E-state index is 10.7.